The van der Waals surface area contributed by atoms with Crippen molar-refractivity contribution in [3.63, 3.8) is 0 Å². The van der Waals surface area contributed by atoms with Crippen LogP contribution in [0.4, 0.5) is 0 Å². The van der Waals surface area contributed by atoms with Gasteiger partial charge in [0.15, 0.2) is 0 Å². The molecule has 1 aromatic heterocycles. The third-order valence-electron chi connectivity index (χ3n) is 4.27. The number of nitrogens with zero attached hydrogens (tertiary/aromatic N) is 1. The number of aromatic nitrogens is 2. The summed E-state index contributed by atoms with van der Waals surface area (Å²) in [7, 11) is 9.70. The summed E-state index contributed by atoms with van der Waals surface area (Å²) in [6.07, 6.45) is -3.57. The predicted molar refractivity (Wildman–Crippen MR) is 117 cm³/mol. The molecular weight excluding hydrogens is 494 g/mol. The van der Waals surface area contributed by atoms with Gasteiger partial charge in [-0.05, 0) is 0 Å². The van der Waals surface area contributed by atoms with Gasteiger partial charge < -0.3 is 0 Å². The Morgan fingerprint density at radius 1 is 1.47 bits per heavy atom. The molecule has 1 aromatic rings. The van der Waals surface area contributed by atoms with Gasteiger partial charge in [-0.2, -0.15) is 0 Å². The van der Waals surface area contributed by atoms with E-state index in [2.05, 4.69) is 20.5 Å². The molecule has 7 atom stereocenters. The summed E-state index contributed by atoms with van der Waals surface area (Å²) in [4.78, 5) is 39.4. The molecule has 3 heterocycles. The molecule has 0 amide bonds. The number of aromatic amines is 1. The molecular formula is C13H17BN3O8P3S2. The summed E-state index contributed by atoms with van der Waals surface area (Å²) in [5, 5.41) is 10.3. The van der Waals surface area contributed by atoms with Crippen molar-refractivity contribution in [2.24, 2.45) is 5.73 Å². The molecule has 1 fully saturated rings. The van der Waals surface area contributed by atoms with Gasteiger partial charge in [0.2, 0.25) is 0 Å². The van der Waals surface area contributed by atoms with Crippen molar-refractivity contribution >= 4 is 57.0 Å². The quantitative estimate of drug-likeness (QED) is 0.224. The molecule has 162 valence electrons. The number of nitrogens with one attached hydrogen (secondary N) is 1. The minimum atomic E-state index is -1.92. The van der Waals surface area contributed by atoms with E-state index in [1.54, 1.807) is 0 Å². The van der Waals surface area contributed by atoms with Crippen molar-refractivity contribution in [1.82, 2.24) is 9.55 Å². The Labute approximate surface area is 182 Å². The number of carbonyl (C=O) groups is 1. The van der Waals surface area contributed by atoms with Crippen LogP contribution in [-0.2, 0) is 23.4 Å². The Kier molecular flexibility index (Phi) is 8.45. The predicted octanol–water partition coefficient (Wildman–Crippen LogP) is 0.475. The van der Waals surface area contributed by atoms with Gasteiger partial charge in [-0.1, -0.05) is 0 Å². The second-order valence-electron chi connectivity index (χ2n) is 6.31. The first-order chi connectivity index (χ1) is 14.2. The van der Waals surface area contributed by atoms with E-state index in [4.69, 9.17) is 19.7 Å². The Morgan fingerprint density at radius 3 is 2.87 bits per heavy atom. The molecule has 2 bridgehead atoms. The molecule has 4 N–H and O–H groups in total. The number of hydrogen-bond acceptors (Lipinski definition) is 11. The zero-order valence-corrected chi connectivity index (χ0v) is 19.6. The van der Waals surface area contributed by atoms with E-state index in [1.165, 1.54) is 17.0 Å². The second kappa shape index (κ2) is 10.5. The standard InChI is InChI=1S/C13H17BN3O8P3S2/c14-27(22)28(26)23-4-6-9(19)10-12(24-6)17-3-7(11(20)16-13(17)21)30-29-5(2-15)1-8(18)25-10/h3,5-6,9-10,12,14,19H,1-2,4,15H2,(H,16,20,21)/t5-,6-,9-,10+,12-/m1/s1. The molecule has 2 aliphatic heterocycles. The summed E-state index contributed by atoms with van der Waals surface area (Å²) < 4.78 is 29.0. The van der Waals surface area contributed by atoms with Crippen LogP contribution < -0.4 is 17.0 Å². The van der Waals surface area contributed by atoms with Crippen LogP contribution >= 0.6 is 43.8 Å². The molecule has 3 rings (SSSR count). The number of rotatable bonds is 3. The van der Waals surface area contributed by atoms with Gasteiger partial charge in [0.05, 0.1) is 0 Å². The van der Waals surface area contributed by atoms with Crippen molar-refractivity contribution < 1.29 is 28.5 Å². The summed E-state index contributed by atoms with van der Waals surface area (Å²) in [6.45, 7) is -3.61. The number of hydrogen-bond donors (Lipinski definition) is 3. The van der Waals surface area contributed by atoms with Gasteiger partial charge >= 0.3 is 182 Å². The van der Waals surface area contributed by atoms with Crippen molar-refractivity contribution in [1.29, 1.82) is 0 Å². The minimum absolute atomic E-state index is 0.0575. The van der Waals surface area contributed by atoms with Crippen LogP contribution in [0.5, 0.6) is 0 Å². The Hall–Kier alpha value is -0.415. The molecule has 30 heavy (non-hydrogen) atoms. The number of ether oxygens (including phenoxy) is 2. The topological polar surface area (TPSA) is 163 Å². The van der Waals surface area contributed by atoms with E-state index >= 15 is 0 Å². The van der Waals surface area contributed by atoms with Crippen LogP contribution in [0.15, 0.2) is 20.7 Å². The van der Waals surface area contributed by atoms with Crippen LogP contribution in [-0.4, -0.2) is 64.5 Å². The van der Waals surface area contributed by atoms with Gasteiger partial charge in [0.25, 0.3) is 0 Å². The molecule has 2 unspecified atom stereocenters. The summed E-state index contributed by atoms with van der Waals surface area (Å²) in [5.41, 5.74) is 4.31. The van der Waals surface area contributed by atoms with Crippen LogP contribution in [0.2, 0.25) is 0 Å². The van der Waals surface area contributed by atoms with Gasteiger partial charge in [-0.15, -0.1) is 0 Å². The summed E-state index contributed by atoms with van der Waals surface area (Å²) >= 11 is 0. The van der Waals surface area contributed by atoms with Gasteiger partial charge in [-0.25, -0.2) is 0 Å². The number of H-pyrrole nitrogens is 1. The molecule has 11 nitrogen and oxygen atoms in total. The van der Waals surface area contributed by atoms with Crippen molar-refractivity contribution in [2.45, 2.75) is 41.1 Å². The first-order valence-electron chi connectivity index (χ1n) is 8.52. The van der Waals surface area contributed by atoms with Gasteiger partial charge in [0, 0.05) is 0 Å². The first kappa shape index (κ1) is 24.2. The van der Waals surface area contributed by atoms with E-state index in [1.807, 2.05) is 0 Å². The van der Waals surface area contributed by atoms with Crippen LogP contribution in [0, 0.1) is 0 Å². The van der Waals surface area contributed by atoms with Gasteiger partial charge in [0.1, 0.15) is 0 Å². The van der Waals surface area contributed by atoms with E-state index in [9.17, 15) is 24.1 Å². The number of nitrogens with two attached hydrogens (primary N) is 1. The van der Waals surface area contributed by atoms with E-state index in [0.717, 1.165) is 15.4 Å². The monoisotopic (exact) mass is 511 g/mol. The van der Waals surface area contributed by atoms with E-state index in [-0.39, 0.29) is 29.7 Å². The second-order valence-corrected chi connectivity index (χ2v) is 14.8. The number of esters is 1. The molecule has 0 spiro atoms. The van der Waals surface area contributed by atoms with Crippen molar-refractivity contribution in [2.75, 3.05) is 13.2 Å². The first-order valence-corrected chi connectivity index (χ1v) is 15.3. The average molecular weight is 511 g/mol. The SMILES string of the molecule is B=P(=O)P(#P)OC[C@H]1O[C@@H]2[C@@H](OC(=O)C[C@H](CN)SSc3cn2c(=O)[nH]c3=O)[C@@H]1O. The normalized spacial score (nSPS) is 30.0. The number of fused-ring (bicyclic) bond motifs is 4. The van der Waals surface area contributed by atoms with Crippen molar-refractivity contribution in [3.05, 3.63) is 27.0 Å². The van der Waals surface area contributed by atoms with Crippen LogP contribution in [0.25, 0.3) is 0 Å². The van der Waals surface area contributed by atoms with Crippen LogP contribution in [0.3, 0.4) is 0 Å². The number of aliphatic hydroxyl groups excluding tert-OH is 1. The van der Waals surface area contributed by atoms with Gasteiger partial charge in [-0.3, -0.25) is 0 Å². The molecule has 1 saturated heterocycles. The third-order valence-corrected chi connectivity index (χ3v) is 11.5. The fourth-order valence-electron chi connectivity index (χ4n) is 2.79. The molecule has 0 aliphatic carbocycles. The Bertz CT molecular complexity index is 1080. The van der Waals surface area contributed by atoms with E-state index < -0.39 is 55.7 Å². The molecule has 0 aromatic carbocycles. The number of carbonyl (C=O) groups excluding carboxylic acids is 1. The zero-order chi connectivity index (χ0) is 22.0. The Morgan fingerprint density at radius 2 is 2.20 bits per heavy atom. The zero-order valence-electron chi connectivity index (χ0n) is 15.3. The maximum atomic E-state index is 12.4. The summed E-state index contributed by atoms with van der Waals surface area (Å²) in [5.74, 6) is -0.635. The molecule has 0 radical (unpaired) electrons. The molecule has 0 saturated carbocycles. The third kappa shape index (κ3) is 5.49. The summed E-state index contributed by atoms with van der Waals surface area (Å²) in [6, 6.07) is 0. The van der Waals surface area contributed by atoms with Crippen LogP contribution in [0.1, 0.15) is 12.6 Å². The molecule has 2 aliphatic rings. The Balaban J connectivity index is 1.97. The fourth-order valence-corrected chi connectivity index (χ4v) is 6.31. The van der Waals surface area contributed by atoms with E-state index in [0.29, 0.717) is 0 Å². The molecule has 17 heteroatoms. The van der Waals surface area contributed by atoms with Crippen molar-refractivity contribution in [3.8, 4) is 0 Å². The fraction of sp³-hybridized carbons (Fsp3) is 0.615. The maximum absolute atomic E-state index is 12.4. The number of aliphatic hydroxyl groups is 1. The average Bonchev–Trinajstić information content (AvgIpc) is 2.98.